The fourth-order valence-corrected chi connectivity index (χ4v) is 10.4. The monoisotopic (exact) mass is 689 g/mol. The van der Waals surface area contributed by atoms with Crippen LogP contribution in [0.3, 0.4) is 0 Å². The Labute approximate surface area is 284 Å². The van der Waals surface area contributed by atoms with Gasteiger partial charge in [-0.2, -0.15) is 0 Å². The third-order valence-electron chi connectivity index (χ3n) is 10.1. The second-order valence-electron chi connectivity index (χ2n) is 13.7. The number of nitrogens with zero attached hydrogens (tertiary/aromatic N) is 3. The van der Waals surface area contributed by atoms with Gasteiger partial charge in [-0.25, -0.2) is 0 Å². The quantitative estimate of drug-likeness (QED) is 0.0914. The number of amides is 3. The third kappa shape index (κ3) is 6.19. The maximum absolute atomic E-state index is 16.3. The molecule has 0 bridgehead atoms. The van der Waals surface area contributed by atoms with Gasteiger partial charge in [-0.15, -0.1) is 0 Å². The Morgan fingerprint density at radius 2 is 1.90 bits per heavy atom. The normalized spacial score (nSPS) is 24.8. The number of carbonyl (C=O) groups is 3. The summed E-state index contributed by atoms with van der Waals surface area (Å²) >= 11 is 0. The van der Waals surface area contributed by atoms with Crippen molar-refractivity contribution >= 4 is 48.9 Å². The van der Waals surface area contributed by atoms with E-state index in [2.05, 4.69) is 5.32 Å². The van der Waals surface area contributed by atoms with Gasteiger partial charge in [-0.1, -0.05) is 19.1 Å². The van der Waals surface area contributed by atoms with E-state index in [0.29, 0.717) is 41.2 Å². The molecule has 3 amide bonds. The Morgan fingerprint density at radius 1 is 1.16 bits per heavy atom. The van der Waals surface area contributed by atoms with Crippen LogP contribution in [0.1, 0.15) is 47.7 Å². The van der Waals surface area contributed by atoms with Crippen LogP contribution in [0.15, 0.2) is 66.7 Å². The molecule has 6 rings (SSSR count). The number of aliphatic hydroxyl groups excluding tert-OH is 1. The number of nitrogens with two attached hydrogens (primary N) is 1. The molecule has 5 atom stereocenters. The summed E-state index contributed by atoms with van der Waals surface area (Å²) in [5.41, 5.74) is 5.69. The number of rotatable bonds is 9. The molecule has 0 aromatic heterocycles. The van der Waals surface area contributed by atoms with Crippen molar-refractivity contribution < 1.29 is 33.3 Å². The molecule has 14 heteroatoms. The number of fused-ring (bicyclic) bond motifs is 2. The number of carbonyl (C=O) groups excluding carboxylic acids is 3. The van der Waals surface area contributed by atoms with Crippen molar-refractivity contribution in [3.8, 4) is 0 Å². The molecule has 0 aliphatic carbocycles. The van der Waals surface area contributed by atoms with Gasteiger partial charge in [0.05, 0.1) is 42.3 Å². The molecule has 3 aliphatic rings. The molecule has 2 fully saturated rings. The third-order valence-corrected chi connectivity index (χ3v) is 12.6. The number of hydrogen-bond acceptors (Lipinski definition) is 8. The van der Waals surface area contributed by atoms with Gasteiger partial charge in [0.1, 0.15) is 0 Å². The number of halogens is 1. The number of benzene rings is 3. The van der Waals surface area contributed by atoms with Crippen LogP contribution in [-0.2, 0) is 26.5 Å². The van der Waals surface area contributed by atoms with E-state index in [-0.39, 0.29) is 48.7 Å². The maximum atomic E-state index is 16.3. The minimum atomic E-state index is -3.61. The molecule has 0 saturated carbocycles. The average molecular weight is 690 g/mol. The van der Waals surface area contributed by atoms with E-state index in [1.165, 1.54) is 36.2 Å². The minimum absolute atomic E-state index is 0.0315. The van der Waals surface area contributed by atoms with Crippen molar-refractivity contribution in [2.24, 2.45) is 5.92 Å². The van der Waals surface area contributed by atoms with Crippen molar-refractivity contribution in [3.05, 3.63) is 93.5 Å². The molecule has 3 aromatic rings. The van der Waals surface area contributed by atoms with Gasteiger partial charge in [0.15, 0.2) is 5.60 Å². The summed E-state index contributed by atoms with van der Waals surface area (Å²) in [5, 5.41) is 24.6. The van der Waals surface area contributed by atoms with Crippen LogP contribution in [0.25, 0.3) is 0 Å². The van der Waals surface area contributed by atoms with Crippen LogP contribution >= 0.6 is 0 Å². The van der Waals surface area contributed by atoms with Crippen LogP contribution in [0.5, 0.6) is 0 Å². The first-order valence-corrected chi connectivity index (χ1v) is 19.3. The molecule has 258 valence electrons. The van der Waals surface area contributed by atoms with Gasteiger partial charge < -0.3 is 34.8 Å². The molecule has 49 heavy (non-hydrogen) atoms. The van der Waals surface area contributed by atoms with E-state index >= 15 is 4.11 Å². The Hall–Kier alpha value is -4.66. The second kappa shape index (κ2) is 13.0. The smallest absolute Gasteiger partial charge is 0.269 e. The first-order valence-electron chi connectivity index (χ1n) is 16.4. The van der Waals surface area contributed by atoms with E-state index in [4.69, 9.17) is 10.5 Å². The van der Waals surface area contributed by atoms with Crippen molar-refractivity contribution in [1.29, 1.82) is 0 Å². The first-order chi connectivity index (χ1) is 23.2. The van der Waals surface area contributed by atoms with Crippen molar-refractivity contribution in [2.45, 2.75) is 69.1 Å². The van der Waals surface area contributed by atoms with Gasteiger partial charge >= 0.3 is 0 Å². The molecular weight excluding hydrogens is 649 g/mol. The Balaban J connectivity index is 1.34. The van der Waals surface area contributed by atoms with Gasteiger partial charge in [-0.3, -0.25) is 24.5 Å². The Bertz CT molecular complexity index is 1800. The highest BCUT2D eigenvalue weighted by Crippen LogP contribution is 2.60. The number of ether oxygens (including phenoxy) is 1. The summed E-state index contributed by atoms with van der Waals surface area (Å²) in [7, 11) is -3.61. The number of nitro groups is 1. The summed E-state index contributed by atoms with van der Waals surface area (Å²) in [5.74, 6) is -1.89. The zero-order chi connectivity index (χ0) is 35.2. The predicted molar refractivity (Wildman–Crippen MR) is 184 cm³/mol. The van der Waals surface area contributed by atoms with E-state index in [9.17, 15) is 29.6 Å². The number of nitro benzene ring substituents is 1. The number of likely N-dealkylation sites (tertiary alicyclic amines) is 1. The summed E-state index contributed by atoms with van der Waals surface area (Å²) in [4.78, 5) is 55.6. The molecule has 4 N–H and O–H groups in total. The molecule has 2 saturated heterocycles. The van der Waals surface area contributed by atoms with Crippen LogP contribution in [0, 0.1) is 16.0 Å². The largest absolute Gasteiger partial charge is 0.399 e. The highest BCUT2D eigenvalue weighted by Gasteiger charge is 2.67. The molecule has 3 aliphatic heterocycles. The lowest BCUT2D eigenvalue weighted by molar-refractivity contribution is -0.385. The van der Waals surface area contributed by atoms with Crippen molar-refractivity contribution in [2.75, 3.05) is 29.1 Å². The highest BCUT2D eigenvalue weighted by molar-refractivity contribution is 6.72. The number of non-ortho nitro benzene ring substituents is 1. The lowest BCUT2D eigenvalue weighted by Gasteiger charge is -2.31. The van der Waals surface area contributed by atoms with Gasteiger partial charge in [0, 0.05) is 52.6 Å². The first kappa shape index (κ1) is 34.2. The Kier molecular flexibility index (Phi) is 9.07. The van der Waals surface area contributed by atoms with E-state index < -0.39 is 42.4 Å². The predicted octanol–water partition coefficient (Wildman–Crippen LogP) is 5.12. The second-order valence-corrected chi connectivity index (χ2v) is 17.5. The van der Waals surface area contributed by atoms with Crippen molar-refractivity contribution in [1.82, 2.24) is 4.90 Å². The number of hydrogen-bond donors (Lipinski definition) is 3. The molecule has 12 nitrogen and oxygen atoms in total. The van der Waals surface area contributed by atoms with Crippen LogP contribution in [0.4, 0.5) is 26.9 Å². The summed E-state index contributed by atoms with van der Waals surface area (Å²) in [6, 6.07) is 17.3. The number of nitrogens with one attached hydrogen (secondary N) is 1. The van der Waals surface area contributed by atoms with Gasteiger partial charge in [-0.05, 0) is 74.0 Å². The van der Waals surface area contributed by atoms with Crippen LogP contribution in [0.2, 0.25) is 18.6 Å². The van der Waals surface area contributed by atoms with E-state index in [1.54, 1.807) is 60.4 Å². The Morgan fingerprint density at radius 3 is 2.57 bits per heavy atom. The number of nitrogen functional groups attached to an aromatic ring is 1. The van der Waals surface area contributed by atoms with Gasteiger partial charge in [0.2, 0.25) is 14.3 Å². The topological polar surface area (TPSA) is 168 Å². The zero-order valence-electron chi connectivity index (χ0n) is 27.6. The SMILES string of the molecule is C[C@H]1[C@H]([Si](C)(C)F)[C@@H](CC(=O)N2CCC[C@H]2CO)O[C@]12C(=O)N(Cc1cccc(NC(=O)c3ccc(N)cc3)c1)c1ccc([N+](=O)[O-])cc12. The number of aliphatic hydroxyl groups is 1. The molecule has 0 radical (unpaired) electrons. The minimum Gasteiger partial charge on any atom is -0.399 e. The molecule has 0 unspecified atom stereocenters. The zero-order valence-corrected chi connectivity index (χ0v) is 28.6. The fraction of sp³-hybridized carbons (Fsp3) is 0.400. The van der Waals surface area contributed by atoms with Crippen molar-refractivity contribution in [3.63, 3.8) is 0 Å². The number of anilines is 3. The van der Waals surface area contributed by atoms with E-state index in [0.717, 1.165) is 6.42 Å². The molecule has 3 aromatic carbocycles. The molecule has 1 spiro atoms. The summed E-state index contributed by atoms with van der Waals surface area (Å²) in [6.07, 6.45) is 0.266. The molecule has 3 heterocycles. The van der Waals surface area contributed by atoms with Crippen LogP contribution < -0.4 is 16.0 Å². The average Bonchev–Trinajstić information content (AvgIpc) is 3.71. The standard InChI is InChI=1S/C35H40FN5O7Si/c1-21-32(49(2,3)36)30(18-31(43)39-15-5-8-27(39)20-42)48-35(21)28-17-26(41(46)47)13-14-29(28)40(34(35)45)19-22-6-4-7-25(16-22)38-33(44)23-9-11-24(37)12-10-23/h4,6-7,9-14,16-17,21,27,30,32,42H,5,8,15,18-20,37H2,1-3H3,(H,38,44)/t21-,27-,30+,32-,35+/m0/s1. The van der Waals surface area contributed by atoms with E-state index in [1.807, 2.05) is 0 Å². The summed E-state index contributed by atoms with van der Waals surface area (Å²) < 4.78 is 22.9. The lowest BCUT2D eigenvalue weighted by Crippen LogP contribution is -2.45. The maximum Gasteiger partial charge on any atom is 0.269 e. The lowest BCUT2D eigenvalue weighted by atomic mass is 9.82. The van der Waals surface area contributed by atoms with Gasteiger partial charge in [0.25, 0.3) is 17.5 Å². The molecular formula is C35H40FN5O7Si. The van der Waals surface area contributed by atoms with Crippen LogP contribution in [-0.4, -0.2) is 66.4 Å². The summed E-state index contributed by atoms with van der Waals surface area (Å²) in [6.45, 7) is 5.10. The fourth-order valence-electron chi connectivity index (χ4n) is 7.92. The highest BCUT2D eigenvalue weighted by atomic mass is 28.4.